The van der Waals surface area contributed by atoms with Crippen molar-refractivity contribution in [3.05, 3.63) is 70.7 Å². The lowest BCUT2D eigenvalue weighted by Gasteiger charge is -2.27. The molecule has 0 aromatic heterocycles. The van der Waals surface area contributed by atoms with Crippen molar-refractivity contribution in [2.75, 3.05) is 0 Å². The van der Waals surface area contributed by atoms with Crippen molar-refractivity contribution in [1.82, 2.24) is 0 Å². The third-order valence-corrected chi connectivity index (χ3v) is 3.58. The Morgan fingerprint density at radius 1 is 1.19 bits per heavy atom. The molecule has 0 fully saturated rings. The van der Waals surface area contributed by atoms with Crippen LogP contribution < -0.4 is 5.73 Å². The van der Waals surface area contributed by atoms with Gasteiger partial charge in [-0.25, -0.2) is 0 Å². The molecule has 0 saturated heterocycles. The van der Waals surface area contributed by atoms with E-state index < -0.39 is 11.8 Å². The summed E-state index contributed by atoms with van der Waals surface area (Å²) in [4.78, 5) is 0. The summed E-state index contributed by atoms with van der Waals surface area (Å²) in [7, 11) is 0. The normalized spacial score (nSPS) is 15.4. The Hall–Kier alpha value is -1.39. The molecule has 0 aliphatic rings. The van der Waals surface area contributed by atoms with Crippen LogP contribution in [0.1, 0.15) is 24.5 Å². The molecule has 21 heavy (non-hydrogen) atoms. The van der Waals surface area contributed by atoms with E-state index in [4.69, 9.17) is 22.1 Å². The molecule has 2 atom stereocenters. The van der Waals surface area contributed by atoms with E-state index in [0.717, 1.165) is 11.1 Å². The summed E-state index contributed by atoms with van der Waals surface area (Å²) in [5, 5.41) is 11.2. The maximum atomic E-state index is 10.5. The molecule has 2 rings (SSSR count). The highest BCUT2D eigenvalue weighted by atomic mass is 35.5. The summed E-state index contributed by atoms with van der Waals surface area (Å²) in [6.45, 7) is 2.11. The van der Waals surface area contributed by atoms with Gasteiger partial charge in [0.2, 0.25) is 0 Å². The van der Waals surface area contributed by atoms with E-state index in [1.54, 1.807) is 6.92 Å². The molecule has 2 aromatic rings. The molecule has 2 unspecified atom stereocenters. The van der Waals surface area contributed by atoms with Gasteiger partial charge in [-0.1, -0.05) is 54.1 Å². The number of rotatable bonds is 6. The Kier molecular flexibility index (Phi) is 5.37. The summed E-state index contributed by atoms with van der Waals surface area (Å²) >= 11 is 5.92. The zero-order chi connectivity index (χ0) is 15.3. The molecule has 0 aliphatic heterocycles. The summed E-state index contributed by atoms with van der Waals surface area (Å²) in [5.74, 6) is 0. The predicted octanol–water partition coefficient (Wildman–Crippen LogP) is 3.44. The molecule has 3 nitrogen and oxygen atoms in total. The average molecular weight is 306 g/mol. The standard InChI is InChI=1S/C17H20ClNO2/c1-17(20,14-7-3-2-4-8-14)11-16(19)21-12-13-6-5-9-15(18)10-13/h2-10,16,20H,11-12,19H2,1H3. The van der Waals surface area contributed by atoms with Crippen LogP contribution >= 0.6 is 11.6 Å². The topological polar surface area (TPSA) is 55.5 Å². The molecule has 2 aromatic carbocycles. The number of hydrogen-bond acceptors (Lipinski definition) is 3. The lowest BCUT2D eigenvalue weighted by molar-refractivity contribution is -0.0365. The maximum Gasteiger partial charge on any atom is 0.109 e. The van der Waals surface area contributed by atoms with Crippen LogP contribution in [-0.4, -0.2) is 11.3 Å². The number of aliphatic hydroxyl groups is 1. The minimum atomic E-state index is -1.02. The lowest BCUT2D eigenvalue weighted by Crippen LogP contribution is -2.34. The van der Waals surface area contributed by atoms with E-state index in [1.807, 2.05) is 54.6 Å². The lowest BCUT2D eigenvalue weighted by atomic mass is 9.92. The van der Waals surface area contributed by atoms with E-state index in [0.29, 0.717) is 18.1 Å². The Morgan fingerprint density at radius 3 is 2.57 bits per heavy atom. The Bertz CT molecular complexity index is 572. The van der Waals surface area contributed by atoms with Crippen molar-refractivity contribution < 1.29 is 9.84 Å². The largest absolute Gasteiger partial charge is 0.385 e. The number of nitrogens with two attached hydrogens (primary N) is 1. The third-order valence-electron chi connectivity index (χ3n) is 3.35. The fourth-order valence-electron chi connectivity index (χ4n) is 2.20. The average Bonchev–Trinajstić information content (AvgIpc) is 2.46. The smallest absolute Gasteiger partial charge is 0.109 e. The van der Waals surface area contributed by atoms with Crippen molar-refractivity contribution in [2.24, 2.45) is 5.73 Å². The van der Waals surface area contributed by atoms with Crippen LogP contribution in [-0.2, 0) is 16.9 Å². The molecule has 3 N–H and O–H groups in total. The second-order valence-corrected chi connectivity index (χ2v) is 5.76. The molecule has 0 bridgehead atoms. The molecule has 0 amide bonds. The SMILES string of the molecule is CC(O)(CC(N)OCc1cccc(Cl)c1)c1ccccc1. The van der Waals surface area contributed by atoms with Gasteiger partial charge in [-0.15, -0.1) is 0 Å². The monoisotopic (exact) mass is 305 g/mol. The van der Waals surface area contributed by atoms with E-state index in [1.165, 1.54) is 0 Å². The van der Waals surface area contributed by atoms with Gasteiger partial charge in [-0.05, 0) is 30.2 Å². The predicted molar refractivity (Wildman–Crippen MR) is 84.8 cm³/mol. The first-order valence-electron chi connectivity index (χ1n) is 6.87. The molecular weight excluding hydrogens is 286 g/mol. The van der Waals surface area contributed by atoms with Crippen molar-refractivity contribution >= 4 is 11.6 Å². The van der Waals surface area contributed by atoms with Crippen LogP contribution in [0.4, 0.5) is 0 Å². The molecule has 4 heteroatoms. The molecule has 0 heterocycles. The van der Waals surface area contributed by atoms with Gasteiger partial charge in [0.15, 0.2) is 0 Å². The second-order valence-electron chi connectivity index (χ2n) is 5.32. The number of benzene rings is 2. The first kappa shape index (κ1) is 16.0. The number of halogens is 1. The third kappa shape index (κ3) is 4.83. The van der Waals surface area contributed by atoms with Crippen LogP contribution in [0.15, 0.2) is 54.6 Å². The van der Waals surface area contributed by atoms with Gasteiger partial charge in [-0.3, -0.25) is 0 Å². The van der Waals surface area contributed by atoms with E-state index in [9.17, 15) is 5.11 Å². The fourth-order valence-corrected chi connectivity index (χ4v) is 2.41. The van der Waals surface area contributed by atoms with Gasteiger partial charge in [-0.2, -0.15) is 0 Å². The number of ether oxygens (including phenoxy) is 1. The zero-order valence-corrected chi connectivity index (χ0v) is 12.8. The summed E-state index contributed by atoms with van der Waals surface area (Å²) in [5.41, 5.74) is 6.73. The van der Waals surface area contributed by atoms with Crippen LogP contribution in [0.2, 0.25) is 5.02 Å². The van der Waals surface area contributed by atoms with Gasteiger partial charge >= 0.3 is 0 Å². The van der Waals surface area contributed by atoms with Crippen molar-refractivity contribution in [1.29, 1.82) is 0 Å². The van der Waals surface area contributed by atoms with Crippen molar-refractivity contribution in [3.8, 4) is 0 Å². The van der Waals surface area contributed by atoms with Crippen LogP contribution in [0.5, 0.6) is 0 Å². The molecule has 0 radical (unpaired) electrons. The van der Waals surface area contributed by atoms with Gasteiger partial charge in [0.05, 0.1) is 12.2 Å². The molecule has 0 spiro atoms. The Morgan fingerprint density at radius 2 is 1.90 bits per heavy atom. The summed E-state index contributed by atoms with van der Waals surface area (Å²) < 4.78 is 5.60. The van der Waals surface area contributed by atoms with Crippen LogP contribution in [0.25, 0.3) is 0 Å². The highest BCUT2D eigenvalue weighted by Crippen LogP contribution is 2.25. The summed E-state index contributed by atoms with van der Waals surface area (Å²) in [6.07, 6.45) is -0.239. The van der Waals surface area contributed by atoms with Gasteiger partial charge in [0.25, 0.3) is 0 Å². The highest BCUT2D eigenvalue weighted by molar-refractivity contribution is 6.30. The van der Waals surface area contributed by atoms with Crippen molar-refractivity contribution in [2.45, 2.75) is 31.8 Å². The molecule has 0 aliphatic carbocycles. The van der Waals surface area contributed by atoms with Crippen LogP contribution in [0, 0.1) is 0 Å². The maximum absolute atomic E-state index is 10.5. The quantitative estimate of drug-likeness (QED) is 0.804. The van der Waals surface area contributed by atoms with Crippen molar-refractivity contribution in [3.63, 3.8) is 0 Å². The Balaban J connectivity index is 1.91. The van der Waals surface area contributed by atoms with E-state index in [-0.39, 0.29) is 0 Å². The molecule has 0 saturated carbocycles. The minimum absolute atomic E-state index is 0.317. The second kappa shape index (κ2) is 7.05. The molecule has 112 valence electrons. The van der Waals surface area contributed by atoms with E-state index >= 15 is 0 Å². The first-order chi connectivity index (χ1) is 9.97. The zero-order valence-electron chi connectivity index (χ0n) is 12.0. The van der Waals surface area contributed by atoms with Gasteiger partial charge in [0.1, 0.15) is 6.23 Å². The van der Waals surface area contributed by atoms with Crippen LogP contribution in [0.3, 0.4) is 0 Å². The Labute approximate surface area is 130 Å². The van der Waals surface area contributed by atoms with Gasteiger partial charge in [0, 0.05) is 11.4 Å². The highest BCUT2D eigenvalue weighted by Gasteiger charge is 2.26. The van der Waals surface area contributed by atoms with E-state index in [2.05, 4.69) is 0 Å². The fraction of sp³-hybridized carbons (Fsp3) is 0.294. The minimum Gasteiger partial charge on any atom is -0.385 e. The molecular formula is C17H20ClNO2. The first-order valence-corrected chi connectivity index (χ1v) is 7.25. The van der Waals surface area contributed by atoms with Gasteiger partial charge < -0.3 is 15.6 Å². The summed E-state index contributed by atoms with van der Waals surface area (Å²) in [6, 6.07) is 16.9. The number of hydrogen-bond donors (Lipinski definition) is 2.